The number of halogens is 1. The third kappa shape index (κ3) is 2.91. The number of rotatable bonds is 2. The number of likely N-dealkylation sites (tertiary alicyclic amines) is 1. The van der Waals surface area contributed by atoms with Crippen LogP contribution < -0.4 is 11.1 Å². The van der Waals surface area contributed by atoms with Gasteiger partial charge < -0.3 is 11.1 Å². The van der Waals surface area contributed by atoms with Crippen molar-refractivity contribution in [2.45, 2.75) is 25.4 Å². The lowest BCUT2D eigenvalue weighted by Gasteiger charge is -2.24. The van der Waals surface area contributed by atoms with Crippen LogP contribution in [0.1, 0.15) is 17.7 Å². The van der Waals surface area contributed by atoms with Crippen LogP contribution in [-0.2, 0) is 6.54 Å². The largest absolute Gasteiger partial charge is 0.375 e. The molecule has 0 bridgehead atoms. The number of nitrogens with zero attached hydrogens (tertiary/aromatic N) is 2. The zero-order valence-corrected chi connectivity index (χ0v) is 11.4. The first-order valence-corrected chi connectivity index (χ1v) is 6.79. The molecule has 2 fully saturated rings. The molecule has 17 heavy (non-hydrogen) atoms. The summed E-state index contributed by atoms with van der Waals surface area (Å²) >= 11 is 1.61. The van der Waals surface area contributed by atoms with Crippen LogP contribution >= 0.6 is 23.7 Å². The summed E-state index contributed by atoms with van der Waals surface area (Å²) in [6, 6.07) is 0.721. The lowest BCUT2D eigenvalue weighted by molar-refractivity contribution is 0.315. The number of piperidine rings is 1. The predicted octanol–water partition coefficient (Wildman–Crippen LogP) is 1.33. The standard InChI is InChI=1S/C11H18N4S.ClH/c12-11-14-4-9(16-11)6-15-5-8-2-1-3-13-10(8)7-15;/h4,8,10,13H,1-3,5-7H2,(H2,12,14);1H/t8-,10+;/m0./s1. The zero-order valence-electron chi connectivity index (χ0n) is 9.76. The summed E-state index contributed by atoms with van der Waals surface area (Å²) in [6.07, 6.45) is 4.64. The Morgan fingerprint density at radius 2 is 2.41 bits per heavy atom. The van der Waals surface area contributed by atoms with E-state index >= 15 is 0 Å². The highest BCUT2D eigenvalue weighted by atomic mass is 35.5. The molecule has 3 heterocycles. The zero-order chi connectivity index (χ0) is 11.0. The van der Waals surface area contributed by atoms with E-state index in [-0.39, 0.29) is 12.4 Å². The number of nitrogens with two attached hydrogens (primary N) is 1. The molecular formula is C11H19ClN4S. The molecule has 1 aromatic heterocycles. The normalized spacial score (nSPS) is 28.7. The summed E-state index contributed by atoms with van der Waals surface area (Å²) in [7, 11) is 0. The monoisotopic (exact) mass is 274 g/mol. The molecule has 0 radical (unpaired) electrons. The summed E-state index contributed by atoms with van der Waals surface area (Å²) in [5.41, 5.74) is 5.65. The SMILES string of the molecule is Cl.Nc1ncc(CN2C[C@@H]3CCCN[C@@H]3C2)s1. The van der Waals surface area contributed by atoms with E-state index in [9.17, 15) is 0 Å². The van der Waals surface area contributed by atoms with Crippen LogP contribution in [0, 0.1) is 5.92 Å². The van der Waals surface area contributed by atoms with Gasteiger partial charge in [-0.3, -0.25) is 4.90 Å². The van der Waals surface area contributed by atoms with Crippen LogP contribution in [0.15, 0.2) is 6.20 Å². The molecule has 4 nitrogen and oxygen atoms in total. The van der Waals surface area contributed by atoms with E-state index < -0.39 is 0 Å². The van der Waals surface area contributed by atoms with Crippen LogP contribution in [0.5, 0.6) is 0 Å². The lowest BCUT2D eigenvalue weighted by atomic mass is 9.94. The van der Waals surface area contributed by atoms with E-state index in [1.807, 2.05) is 6.20 Å². The quantitative estimate of drug-likeness (QED) is 0.854. The molecule has 3 rings (SSSR count). The molecule has 0 amide bonds. The Bertz CT molecular complexity index is 356. The van der Waals surface area contributed by atoms with Gasteiger partial charge in [-0.15, -0.1) is 23.7 Å². The first-order chi connectivity index (χ1) is 7.81. The van der Waals surface area contributed by atoms with Gasteiger partial charge in [0.1, 0.15) is 0 Å². The Morgan fingerprint density at radius 3 is 3.12 bits per heavy atom. The Labute approximate surface area is 112 Å². The second-order valence-corrected chi connectivity index (χ2v) is 5.97. The molecule has 2 atom stereocenters. The lowest BCUT2D eigenvalue weighted by Crippen LogP contribution is -2.40. The highest BCUT2D eigenvalue weighted by Crippen LogP contribution is 2.27. The van der Waals surface area contributed by atoms with Gasteiger partial charge >= 0.3 is 0 Å². The molecule has 0 saturated carbocycles. The van der Waals surface area contributed by atoms with Crippen molar-refractivity contribution >= 4 is 28.9 Å². The molecule has 0 spiro atoms. The summed E-state index contributed by atoms with van der Waals surface area (Å²) in [4.78, 5) is 7.92. The topological polar surface area (TPSA) is 54.2 Å². The summed E-state index contributed by atoms with van der Waals surface area (Å²) in [6.45, 7) is 4.63. The van der Waals surface area contributed by atoms with E-state index in [1.54, 1.807) is 11.3 Å². The van der Waals surface area contributed by atoms with Gasteiger partial charge in [-0.25, -0.2) is 4.98 Å². The molecule has 2 aliphatic rings. The predicted molar refractivity (Wildman–Crippen MR) is 73.6 cm³/mol. The Hall–Kier alpha value is -0.360. The molecule has 96 valence electrons. The van der Waals surface area contributed by atoms with Gasteiger partial charge in [0.15, 0.2) is 5.13 Å². The molecule has 1 aromatic rings. The molecule has 0 aliphatic carbocycles. The Balaban J connectivity index is 0.00000108. The van der Waals surface area contributed by atoms with Crippen molar-refractivity contribution in [1.29, 1.82) is 0 Å². The number of aromatic nitrogens is 1. The summed E-state index contributed by atoms with van der Waals surface area (Å²) in [5, 5.41) is 4.31. The van der Waals surface area contributed by atoms with E-state index in [2.05, 4.69) is 15.2 Å². The fraction of sp³-hybridized carbons (Fsp3) is 0.727. The second-order valence-electron chi connectivity index (χ2n) is 4.82. The van der Waals surface area contributed by atoms with Crippen molar-refractivity contribution in [3.8, 4) is 0 Å². The van der Waals surface area contributed by atoms with E-state index in [0.29, 0.717) is 5.13 Å². The minimum absolute atomic E-state index is 0. The third-order valence-electron chi connectivity index (χ3n) is 3.63. The fourth-order valence-electron chi connectivity index (χ4n) is 2.88. The molecule has 2 saturated heterocycles. The number of fused-ring (bicyclic) bond motifs is 1. The molecule has 0 aromatic carbocycles. The summed E-state index contributed by atoms with van der Waals surface area (Å²) in [5.74, 6) is 0.860. The van der Waals surface area contributed by atoms with Crippen molar-refractivity contribution in [3.05, 3.63) is 11.1 Å². The number of nitrogens with one attached hydrogen (secondary N) is 1. The van der Waals surface area contributed by atoms with Crippen LogP contribution in [0.2, 0.25) is 0 Å². The average molecular weight is 275 g/mol. The van der Waals surface area contributed by atoms with Crippen molar-refractivity contribution in [1.82, 2.24) is 15.2 Å². The van der Waals surface area contributed by atoms with Crippen LogP contribution in [0.25, 0.3) is 0 Å². The molecule has 0 unspecified atom stereocenters. The Kier molecular flexibility index (Phi) is 4.25. The van der Waals surface area contributed by atoms with Crippen molar-refractivity contribution in [2.24, 2.45) is 5.92 Å². The smallest absolute Gasteiger partial charge is 0.180 e. The molecule has 6 heteroatoms. The van der Waals surface area contributed by atoms with Gasteiger partial charge in [0.25, 0.3) is 0 Å². The van der Waals surface area contributed by atoms with Gasteiger partial charge in [0.05, 0.1) is 0 Å². The van der Waals surface area contributed by atoms with Crippen LogP contribution in [0.4, 0.5) is 5.13 Å². The minimum Gasteiger partial charge on any atom is -0.375 e. The van der Waals surface area contributed by atoms with E-state index in [0.717, 1.165) is 18.5 Å². The fourth-order valence-corrected chi connectivity index (χ4v) is 3.61. The third-order valence-corrected chi connectivity index (χ3v) is 4.44. The van der Waals surface area contributed by atoms with Crippen molar-refractivity contribution < 1.29 is 0 Å². The maximum atomic E-state index is 5.65. The second kappa shape index (κ2) is 5.52. The van der Waals surface area contributed by atoms with Gasteiger partial charge in [0, 0.05) is 36.8 Å². The minimum atomic E-state index is 0. The van der Waals surface area contributed by atoms with Gasteiger partial charge in [-0.1, -0.05) is 0 Å². The number of anilines is 1. The summed E-state index contributed by atoms with van der Waals surface area (Å²) < 4.78 is 0. The van der Waals surface area contributed by atoms with Gasteiger partial charge in [0.2, 0.25) is 0 Å². The van der Waals surface area contributed by atoms with Crippen LogP contribution in [0.3, 0.4) is 0 Å². The highest BCUT2D eigenvalue weighted by molar-refractivity contribution is 7.15. The van der Waals surface area contributed by atoms with E-state index in [1.165, 1.54) is 37.4 Å². The molecule has 3 N–H and O–H groups in total. The maximum Gasteiger partial charge on any atom is 0.180 e. The average Bonchev–Trinajstić information content (AvgIpc) is 2.84. The van der Waals surface area contributed by atoms with E-state index in [4.69, 9.17) is 5.73 Å². The number of nitrogen functional groups attached to an aromatic ring is 1. The van der Waals surface area contributed by atoms with Gasteiger partial charge in [-0.2, -0.15) is 0 Å². The van der Waals surface area contributed by atoms with Crippen molar-refractivity contribution in [3.63, 3.8) is 0 Å². The number of hydrogen-bond acceptors (Lipinski definition) is 5. The molecule has 2 aliphatic heterocycles. The number of hydrogen-bond donors (Lipinski definition) is 2. The first kappa shape index (κ1) is 13.1. The maximum absolute atomic E-state index is 5.65. The van der Waals surface area contributed by atoms with Gasteiger partial charge in [-0.05, 0) is 25.3 Å². The Morgan fingerprint density at radius 1 is 1.53 bits per heavy atom. The number of thiazole rings is 1. The highest BCUT2D eigenvalue weighted by Gasteiger charge is 2.34. The first-order valence-electron chi connectivity index (χ1n) is 5.97. The molecular weight excluding hydrogens is 256 g/mol. The van der Waals surface area contributed by atoms with Crippen molar-refractivity contribution in [2.75, 3.05) is 25.4 Å². The van der Waals surface area contributed by atoms with Crippen LogP contribution in [-0.4, -0.2) is 35.6 Å².